The molecule has 0 saturated heterocycles. The first-order valence-corrected chi connectivity index (χ1v) is 13.7. The van der Waals surface area contributed by atoms with Gasteiger partial charge in [0.1, 0.15) is 11.8 Å². The molecule has 1 N–H and O–H groups in total. The number of carbonyl (C=O) groups is 2. The number of hydrogen-bond acceptors (Lipinski definition) is 3. The molecule has 0 bridgehead atoms. The van der Waals surface area contributed by atoms with Crippen molar-refractivity contribution in [2.45, 2.75) is 59.2 Å². The molecule has 3 aromatic rings. The van der Waals surface area contributed by atoms with E-state index in [0.29, 0.717) is 32.8 Å². The molecule has 0 radical (unpaired) electrons. The van der Waals surface area contributed by atoms with Crippen LogP contribution in [0.4, 0.5) is 0 Å². The van der Waals surface area contributed by atoms with Crippen LogP contribution < -0.4 is 10.1 Å². The van der Waals surface area contributed by atoms with Gasteiger partial charge in [-0.1, -0.05) is 78.1 Å². The lowest BCUT2D eigenvalue weighted by Gasteiger charge is -2.32. The van der Waals surface area contributed by atoms with E-state index in [2.05, 4.69) is 5.32 Å². The van der Waals surface area contributed by atoms with Gasteiger partial charge < -0.3 is 15.0 Å². The Hall–Kier alpha value is -2.73. The summed E-state index contributed by atoms with van der Waals surface area (Å²) in [7, 11) is 0. The van der Waals surface area contributed by atoms with Crippen LogP contribution in [0.5, 0.6) is 5.75 Å². The quantitative estimate of drug-likeness (QED) is 0.263. The van der Waals surface area contributed by atoms with Crippen molar-refractivity contribution in [1.82, 2.24) is 10.2 Å². The molecule has 0 fully saturated rings. The summed E-state index contributed by atoms with van der Waals surface area (Å²) in [5, 5.41) is 4.61. The minimum atomic E-state index is -0.789. The second-order valence-electron chi connectivity index (χ2n) is 9.44. The third-order valence-electron chi connectivity index (χ3n) is 6.40. The molecule has 2 atom stereocenters. The Morgan fingerprint density at radius 2 is 1.63 bits per heavy atom. The minimum absolute atomic E-state index is 0.0480. The summed E-state index contributed by atoms with van der Waals surface area (Å²) in [4.78, 5) is 28.9. The van der Waals surface area contributed by atoms with Crippen molar-refractivity contribution in [3.63, 3.8) is 0 Å². The molecule has 0 aromatic heterocycles. The lowest BCUT2D eigenvalue weighted by atomic mass is 10.0. The lowest BCUT2D eigenvalue weighted by molar-refractivity contribution is -0.143. The number of aryl methyl sites for hydroxylation is 2. The molecule has 38 heavy (non-hydrogen) atoms. The molecule has 0 aliphatic carbocycles. The molecule has 2 amide bonds. The molecule has 8 heteroatoms. The van der Waals surface area contributed by atoms with Crippen LogP contribution in [0.25, 0.3) is 0 Å². The third kappa shape index (κ3) is 8.13. The zero-order chi connectivity index (χ0) is 27.8. The monoisotopic (exact) mass is 574 g/mol. The van der Waals surface area contributed by atoms with Gasteiger partial charge in [0.2, 0.25) is 5.91 Å². The molecule has 0 aliphatic rings. The number of carbonyl (C=O) groups excluding carboxylic acids is 2. The van der Waals surface area contributed by atoms with Crippen LogP contribution in [0.15, 0.2) is 60.7 Å². The van der Waals surface area contributed by atoms with E-state index in [9.17, 15) is 9.59 Å². The summed E-state index contributed by atoms with van der Waals surface area (Å²) < 4.78 is 5.90. The summed E-state index contributed by atoms with van der Waals surface area (Å²) >= 11 is 18.9. The molecule has 3 rings (SSSR count). The molecule has 202 valence electrons. The number of halogens is 3. The second-order valence-corrected chi connectivity index (χ2v) is 10.7. The highest BCUT2D eigenvalue weighted by Crippen LogP contribution is 2.27. The van der Waals surface area contributed by atoms with E-state index in [1.807, 2.05) is 58.0 Å². The van der Waals surface area contributed by atoms with E-state index in [4.69, 9.17) is 39.5 Å². The van der Waals surface area contributed by atoms with Gasteiger partial charge >= 0.3 is 0 Å². The van der Waals surface area contributed by atoms with Gasteiger partial charge in [-0.15, -0.1) is 0 Å². The zero-order valence-electron chi connectivity index (χ0n) is 22.1. The highest BCUT2D eigenvalue weighted by molar-refractivity contribution is 6.35. The summed E-state index contributed by atoms with van der Waals surface area (Å²) in [5.41, 5.74) is 3.32. The number of hydrogen-bond donors (Lipinski definition) is 1. The van der Waals surface area contributed by atoms with E-state index in [-0.39, 0.29) is 31.0 Å². The molecule has 0 heterocycles. The van der Waals surface area contributed by atoms with Gasteiger partial charge in [0.25, 0.3) is 5.91 Å². The van der Waals surface area contributed by atoms with Crippen LogP contribution in [0.3, 0.4) is 0 Å². The van der Waals surface area contributed by atoms with Crippen molar-refractivity contribution in [1.29, 1.82) is 0 Å². The van der Waals surface area contributed by atoms with Crippen molar-refractivity contribution in [3.8, 4) is 5.75 Å². The van der Waals surface area contributed by atoms with Crippen molar-refractivity contribution in [3.05, 3.63) is 98.0 Å². The maximum atomic E-state index is 13.8. The molecule has 0 spiro atoms. The molecular weight excluding hydrogens is 543 g/mol. The molecular formula is C30H33Cl3N2O3. The van der Waals surface area contributed by atoms with Gasteiger partial charge in [-0.05, 0) is 73.7 Å². The molecule has 5 nitrogen and oxygen atoms in total. The summed E-state index contributed by atoms with van der Waals surface area (Å²) in [5.74, 6) is -0.0489. The average Bonchev–Trinajstić information content (AvgIpc) is 2.89. The van der Waals surface area contributed by atoms with Gasteiger partial charge in [-0.2, -0.15) is 0 Å². The largest absolute Gasteiger partial charge is 0.484 e. The SMILES string of the molecule is CC[C@@H](C)NC(=O)[C@@H](Cc1ccccc1)N(Cc1ccc(Cl)cc1Cl)C(=O)COc1cc(C)c(Cl)c(C)c1. The van der Waals surface area contributed by atoms with Gasteiger partial charge in [0, 0.05) is 34.1 Å². The predicted octanol–water partition coefficient (Wildman–Crippen LogP) is 7.20. The predicted molar refractivity (Wildman–Crippen MR) is 155 cm³/mol. The second kappa shape index (κ2) is 13.9. The fraction of sp³-hybridized carbons (Fsp3) is 0.333. The fourth-order valence-electron chi connectivity index (χ4n) is 4.05. The normalized spacial score (nSPS) is 12.5. The standard InChI is InChI=1S/C30H33Cl3N2O3/c1-5-21(4)34-30(37)27(15-22-9-7-6-8-10-22)35(17-23-11-12-24(31)16-26(23)32)28(36)18-38-25-13-19(2)29(33)20(3)14-25/h6-14,16,21,27H,5,15,17-18H2,1-4H3,(H,34,37)/t21-,27-/m1/s1. The minimum Gasteiger partial charge on any atom is -0.484 e. The average molecular weight is 576 g/mol. The molecule has 3 aromatic carbocycles. The Balaban J connectivity index is 1.96. The van der Waals surface area contributed by atoms with E-state index in [1.54, 1.807) is 30.3 Å². The number of rotatable bonds is 11. The topological polar surface area (TPSA) is 58.6 Å². The van der Waals surface area contributed by atoms with Crippen molar-refractivity contribution < 1.29 is 14.3 Å². The third-order valence-corrected chi connectivity index (χ3v) is 7.58. The van der Waals surface area contributed by atoms with Crippen LogP contribution in [0.2, 0.25) is 15.1 Å². The van der Waals surface area contributed by atoms with Crippen LogP contribution in [-0.4, -0.2) is 35.4 Å². The molecule has 0 aliphatic heterocycles. The number of nitrogens with zero attached hydrogens (tertiary/aromatic N) is 1. The van der Waals surface area contributed by atoms with E-state index in [1.165, 1.54) is 4.90 Å². The summed E-state index contributed by atoms with van der Waals surface area (Å²) in [6, 6.07) is 17.5. The number of nitrogens with one attached hydrogen (secondary N) is 1. The van der Waals surface area contributed by atoms with E-state index < -0.39 is 6.04 Å². The fourth-order valence-corrected chi connectivity index (χ4v) is 4.62. The van der Waals surface area contributed by atoms with Crippen molar-refractivity contribution in [2.75, 3.05) is 6.61 Å². The smallest absolute Gasteiger partial charge is 0.261 e. The number of ether oxygens (including phenoxy) is 1. The van der Waals surface area contributed by atoms with Crippen LogP contribution >= 0.6 is 34.8 Å². The van der Waals surface area contributed by atoms with Gasteiger partial charge in [0.15, 0.2) is 6.61 Å². The maximum absolute atomic E-state index is 13.8. The number of amides is 2. The Morgan fingerprint density at radius 3 is 2.24 bits per heavy atom. The first-order chi connectivity index (χ1) is 18.1. The molecule has 0 saturated carbocycles. The zero-order valence-corrected chi connectivity index (χ0v) is 24.3. The Kier molecular flexibility index (Phi) is 10.9. The highest BCUT2D eigenvalue weighted by Gasteiger charge is 2.31. The first kappa shape index (κ1) is 29.8. The Morgan fingerprint density at radius 1 is 0.974 bits per heavy atom. The van der Waals surface area contributed by atoms with Crippen LogP contribution in [0, 0.1) is 13.8 Å². The Bertz CT molecular complexity index is 1240. The first-order valence-electron chi connectivity index (χ1n) is 12.6. The van der Waals surface area contributed by atoms with Gasteiger partial charge in [-0.25, -0.2) is 0 Å². The molecule has 0 unspecified atom stereocenters. The highest BCUT2D eigenvalue weighted by atomic mass is 35.5. The number of benzene rings is 3. The van der Waals surface area contributed by atoms with Crippen LogP contribution in [0.1, 0.15) is 42.5 Å². The van der Waals surface area contributed by atoms with Gasteiger partial charge in [0.05, 0.1) is 0 Å². The van der Waals surface area contributed by atoms with E-state index >= 15 is 0 Å². The summed E-state index contributed by atoms with van der Waals surface area (Å²) in [6.07, 6.45) is 1.10. The summed E-state index contributed by atoms with van der Waals surface area (Å²) in [6.45, 7) is 7.56. The Labute approximate surface area is 240 Å². The van der Waals surface area contributed by atoms with Crippen molar-refractivity contribution in [2.24, 2.45) is 0 Å². The van der Waals surface area contributed by atoms with E-state index in [0.717, 1.165) is 23.1 Å². The maximum Gasteiger partial charge on any atom is 0.261 e. The van der Waals surface area contributed by atoms with Crippen LogP contribution in [-0.2, 0) is 22.6 Å². The lowest BCUT2D eigenvalue weighted by Crippen LogP contribution is -2.53. The van der Waals surface area contributed by atoms with Gasteiger partial charge in [-0.3, -0.25) is 9.59 Å². The van der Waals surface area contributed by atoms with Crippen molar-refractivity contribution >= 4 is 46.6 Å².